The number of aliphatic imine (C=N–C) groups is 1. The lowest BCUT2D eigenvalue weighted by molar-refractivity contribution is 0.568. The molecule has 0 spiro atoms. The van der Waals surface area contributed by atoms with Crippen LogP contribution < -0.4 is 15.4 Å². The molecule has 21 heavy (non-hydrogen) atoms. The Kier molecular flexibility index (Phi) is 6.64. The Labute approximate surface area is 127 Å². The van der Waals surface area contributed by atoms with Crippen LogP contribution in [0.3, 0.4) is 0 Å². The van der Waals surface area contributed by atoms with Crippen LogP contribution >= 0.6 is 0 Å². The number of rotatable bonds is 6. The van der Waals surface area contributed by atoms with Crippen molar-refractivity contribution in [3.8, 4) is 0 Å². The summed E-state index contributed by atoms with van der Waals surface area (Å²) in [5.41, 5.74) is 1.72. The van der Waals surface area contributed by atoms with Gasteiger partial charge in [-0.05, 0) is 25.0 Å². The quantitative estimate of drug-likeness (QED) is 0.536. The van der Waals surface area contributed by atoms with Gasteiger partial charge in [0.2, 0.25) is 10.0 Å². The van der Waals surface area contributed by atoms with E-state index in [1.54, 1.807) is 14.1 Å². The normalized spacial score (nSPS) is 12.5. The zero-order valence-corrected chi connectivity index (χ0v) is 13.8. The molecular formula is C14H24N4O2S. The first-order valence-corrected chi connectivity index (χ1v) is 8.48. The zero-order valence-electron chi connectivity index (χ0n) is 13.0. The topological polar surface area (TPSA) is 82.6 Å². The Morgan fingerprint density at radius 3 is 2.38 bits per heavy atom. The van der Waals surface area contributed by atoms with E-state index in [4.69, 9.17) is 0 Å². The van der Waals surface area contributed by atoms with Crippen molar-refractivity contribution in [1.29, 1.82) is 0 Å². The van der Waals surface area contributed by atoms with Gasteiger partial charge in [-0.1, -0.05) is 24.3 Å². The maximum atomic E-state index is 12.0. The molecular weight excluding hydrogens is 288 g/mol. The smallest absolute Gasteiger partial charge is 0.216 e. The molecule has 0 heterocycles. The van der Waals surface area contributed by atoms with Gasteiger partial charge in [-0.15, -0.1) is 0 Å². The molecule has 1 rings (SSSR count). The summed E-state index contributed by atoms with van der Waals surface area (Å²) in [7, 11) is 0.129. The van der Waals surface area contributed by atoms with Gasteiger partial charge in [0.25, 0.3) is 0 Å². The molecule has 0 aliphatic carbocycles. The van der Waals surface area contributed by atoms with Crippen LogP contribution in [0.15, 0.2) is 29.3 Å². The Hall–Kier alpha value is -1.60. The van der Waals surface area contributed by atoms with Crippen LogP contribution in [-0.4, -0.2) is 34.5 Å². The van der Waals surface area contributed by atoms with Crippen LogP contribution in [0.2, 0.25) is 0 Å². The predicted octanol–water partition coefficient (Wildman–Crippen LogP) is 0.809. The molecule has 1 aromatic carbocycles. The summed E-state index contributed by atoms with van der Waals surface area (Å²) in [5, 5.41) is 6.05. The van der Waals surface area contributed by atoms with Crippen LogP contribution in [-0.2, 0) is 22.3 Å². The second kappa shape index (κ2) is 7.99. The Balaban J connectivity index is 2.85. The van der Waals surface area contributed by atoms with Gasteiger partial charge >= 0.3 is 0 Å². The van der Waals surface area contributed by atoms with Gasteiger partial charge in [0, 0.05) is 26.7 Å². The van der Waals surface area contributed by atoms with E-state index in [-0.39, 0.29) is 11.8 Å². The van der Waals surface area contributed by atoms with Crippen molar-refractivity contribution in [2.45, 2.75) is 32.2 Å². The summed E-state index contributed by atoms with van der Waals surface area (Å²) in [5.74, 6) is 0.634. The van der Waals surface area contributed by atoms with E-state index in [9.17, 15) is 8.42 Å². The molecule has 118 valence electrons. The fraction of sp³-hybridized carbons (Fsp3) is 0.500. The zero-order chi connectivity index (χ0) is 15.9. The van der Waals surface area contributed by atoms with Crippen LogP contribution in [0.4, 0.5) is 0 Å². The highest BCUT2D eigenvalue weighted by Crippen LogP contribution is 2.12. The monoisotopic (exact) mass is 312 g/mol. The maximum Gasteiger partial charge on any atom is 0.216 e. The van der Waals surface area contributed by atoms with Crippen molar-refractivity contribution >= 4 is 16.0 Å². The lowest BCUT2D eigenvalue weighted by Gasteiger charge is -2.14. The number of sulfonamides is 1. The molecule has 0 aromatic heterocycles. The number of hydrogen-bond donors (Lipinski definition) is 3. The van der Waals surface area contributed by atoms with Gasteiger partial charge < -0.3 is 10.6 Å². The van der Waals surface area contributed by atoms with Gasteiger partial charge in [0.05, 0.1) is 5.75 Å². The van der Waals surface area contributed by atoms with Gasteiger partial charge in [-0.2, -0.15) is 0 Å². The molecule has 0 unspecified atom stereocenters. The standard InChI is InChI=1S/C14H24N4O2S/c1-11(2)18-21(19,20)10-13-8-6-5-7-12(13)9-17-14(15-3)16-4/h5-8,11,18H,9-10H2,1-4H3,(H2,15,16,17). The predicted molar refractivity (Wildman–Crippen MR) is 86.6 cm³/mol. The SMILES string of the molecule is CN=C(NC)NCc1ccccc1CS(=O)(=O)NC(C)C. The third-order valence-corrected chi connectivity index (χ3v) is 4.31. The highest BCUT2D eigenvalue weighted by atomic mass is 32.2. The van der Waals surface area contributed by atoms with Crippen molar-refractivity contribution in [1.82, 2.24) is 15.4 Å². The number of nitrogens with zero attached hydrogens (tertiary/aromatic N) is 1. The molecule has 1 aromatic rings. The number of hydrogen-bond acceptors (Lipinski definition) is 3. The minimum atomic E-state index is -3.33. The lowest BCUT2D eigenvalue weighted by Crippen LogP contribution is -2.35. The minimum absolute atomic E-state index is 0.0266. The summed E-state index contributed by atoms with van der Waals surface area (Å²) in [6, 6.07) is 7.37. The summed E-state index contributed by atoms with van der Waals surface area (Å²) >= 11 is 0. The van der Waals surface area contributed by atoms with Crippen molar-refractivity contribution in [2.24, 2.45) is 4.99 Å². The maximum absolute atomic E-state index is 12.0. The Morgan fingerprint density at radius 2 is 1.86 bits per heavy atom. The number of nitrogens with one attached hydrogen (secondary N) is 3. The molecule has 7 heteroatoms. The molecule has 3 N–H and O–H groups in total. The van der Waals surface area contributed by atoms with Crippen molar-refractivity contribution < 1.29 is 8.42 Å². The van der Waals surface area contributed by atoms with Gasteiger partial charge in [-0.25, -0.2) is 13.1 Å². The fourth-order valence-corrected chi connectivity index (χ4v) is 3.43. The first kappa shape index (κ1) is 17.5. The van der Waals surface area contributed by atoms with E-state index in [2.05, 4.69) is 20.3 Å². The molecule has 0 bridgehead atoms. The van der Waals surface area contributed by atoms with E-state index >= 15 is 0 Å². The summed E-state index contributed by atoms with van der Waals surface area (Å²) in [4.78, 5) is 4.03. The molecule has 0 aliphatic heterocycles. The number of benzene rings is 1. The highest BCUT2D eigenvalue weighted by molar-refractivity contribution is 7.88. The first-order valence-electron chi connectivity index (χ1n) is 6.83. The molecule has 6 nitrogen and oxygen atoms in total. The molecule has 0 saturated heterocycles. The van der Waals surface area contributed by atoms with E-state index in [1.807, 2.05) is 38.1 Å². The van der Waals surface area contributed by atoms with E-state index in [1.165, 1.54) is 0 Å². The summed E-state index contributed by atoms with van der Waals surface area (Å²) in [6.45, 7) is 4.13. The third kappa shape index (κ3) is 6.14. The molecule has 0 radical (unpaired) electrons. The second-order valence-corrected chi connectivity index (χ2v) is 6.73. The van der Waals surface area contributed by atoms with Gasteiger partial charge in [0.1, 0.15) is 0 Å². The van der Waals surface area contributed by atoms with E-state index in [0.717, 1.165) is 11.1 Å². The average Bonchev–Trinajstić information content (AvgIpc) is 2.39. The summed E-state index contributed by atoms with van der Waals surface area (Å²) in [6.07, 6.45) is 0. The highest BCUT2D eigenvalue weighted by Gasteiger charge is 2.15. The average molecular weight is 312 g/mol. The van der Waals surface area contributed by atoms with Crippen molar-refractivity contribution in [3.05, 3.63) is 35.4 Å². The second-order valence-electron chi connectivity index (χ2n) is 4.98. The third-order valence-electron chi connectivity index (χ3n) is 2.79. The van der Waals surface area contributed by atoms with Crippen LogP contribution in [0.1, 0.15) is 25.0 Å². The van der Waals surface area contributed by atoms with Gasteiger partial charge in [0.15, 0.2) is 5.96 Å². The molecule has 0 atom stereocenters. The van der Waals surface area contributed by atoms with Gasteiger partial charge in [-0.3, -0.25) is 4.99 Å². The minimum Gasteiger partial charge on any atom is -0.359 e. The lowest BCUT2D eigenvalue weighted by atomic mass is 10.1. The fourth-order valence-electron chi connectivity index (χ4n) is 1.93. The Bertz CT molecular complexity index is 582. The van der Waals surface area contributed by atoms with Crippen molar-refractivity contribution in [3.63, 3.8) is 0 Å². The molecule has 0 aliphatic rings. The van der Waals surface area contributed by atoms with Crippen LogP contribution in [0, 0.1) is 0 Å². The number of guanidine groups is 1. The van der Waals surface area contributed by atoms with Crippen molar-refractivity contribution in [2.75, 3.05) is 14.1 Å². The first-order chi connectivity index (χ1) is 9.88. The largest absolute Gasteiger partial charge is 0.359 e. The van der Waals surface area contributed by atoms with E-state index < -0.39 is 10.0 Å². The van der Waals surface area contributed by atoms with Crippen LogP contribution in [0.5, 0.6) is 0 Å². The molecule has 0 amide bonds. The van der Waals surface area contributed by atoms with E-state index in [0.29, 0.717) is 12.5 Å². The van der Waals surface area contributed by atoms with Crippen LogP contribution in [0.25, 0.3) is 0 Å². The summed E-state index contributed by atoms with van der Waals surface area (Å²) < 4.78 is 26.7. The molecule has 0 fully saturated rings. The Morgan fingerprint density at radius 1 is 1.24 bits per heavy atom. The molecule has 0 saturated carbocycles.